The Morgan fingerprint density at radius 2 is 2.05 bits per heavy atom. The van der Waals surface area contributed by atoms with Crippen molar-refractivity contribution in [1.82, 2.24) is 10.3 Å². The van der Waals surface area contributed by atoms with Gasteiger partial charge in [-0.2, -0.15) is 0 Å². The molecule has 1 aromatic carbocycles. The first-order valence-corrected chi connectivity index (χ1v) is 6.63. The van der Waals surface area contributed by atoms with Gasteiger partial charge >= 0.3 is 5.97 Å². The molecule has 2 rings (SSSR count). The van der Waals surface area contributed by atoms with Gasteiger partial charge < -0.3 is 19.6 Å². The number of aromatic nitrogens is 1. The molecule has 0 radical (unpaired) electrons. The lowest BCUT2D eigenvalue weighted by Crippen LogP contribution is -2.27. The lowest BCUT2D eigenvalue weighted by atomic mass is 10.1. The Morgan fingerprint density at radius 1 is 1.36 bits per heavy atom. The van der Waals surface area contributed by atoms with E-state index in [1.54, 1.807) is 31.2 Å². The number of benzene rings is 1. The first kappa shape index (κ1) is 15.6. The van der Waals surface area contributed by atoms with Gasteiger partial charge in [0.15, 0.2) is 18.7 Å². The van der Waals surface area contributed by atoms with Crippen LogP contribution in [0.15, 0.2) is 35.1 Å². The van der Waals surface area contributed by atoms with Crippen LogP contribution in [0.5, 0.6) is 5.75 Å². The number of carbonyl (C=O) groups is 2. The first-order chi connectivity index (χ1) is 10.5. The number of amides is 1. The maximum atomic E-state index is 12.0. The molecule has 1 amide bonds. The molecular formula is C15H16N2O5. The second-order valence-corrected chi connectivity index (χ2v) is 4.70. The number of carbonyl (C=O) groups excluding carboxylic acids is 1. The largest absolute Gasteiger partial charge is 0.482 e. The van der Waals surface area contributed by atoms with Crippen LogP contribution in [-0.4, -0.2) is 28.6 Å². The van der Waals surface area contributed by atoms with Gasteiger partial charge in [-0.15, -0.1) is 0 Å². The van der Waals surface area contributed by atoms with Gasteiger partial charge in [0.1, 0.15) is 11.5 Å². The fraction of sp³-hybridized carbons (Fsp3) is 0.267. The molecule has 0 fully saturated rings. The van der Waals surface area contributed by atoms with Crippen molar-refractivity contribution >= 4 is 11.9 Å². The summed E-state index contributed by atoms with van der Waals surface area (Å²) in [5, 5.41) is 11.4. The summed E-state index contributed by atoms with van der Waals surface area (Å²) in [6, 6.07) is 6.59. The van der Waals surface area contributed by atoms with Gasteiger partial charge in [-0.3, -0.25) is 4.79 Å². The quantitative estimate of drug-likeness (QED) is 0.845. The summed E-state index contributed by atoms with van der Waals surface area (Å²) in [7, 11) is 0. The fourth-order valence-electron chi connectivity index (χ4n) is 1.87. The van der Waals surface area contributed by atoms with E-state index in [4.69, 9.17) is 14.3 Å². The highest BCUT2D eigenvalue weighted by Gasteiger charge is 2.16. The molecule has 0 spiro atoms. The Hall–Kier alpha value is -2.83. The Kier molecular flexibility index (Phi) is 4.77. The van der Waals surface area contributed by atoms with E-state index in [-0.39, 0.29) is 17.6 Å². The SMILES string of the molecule is Cc1ocnc1C(=O)N[C@@H](C)c1ccc(OCC(=O)O)cc1. The first-order valence-electron chi connectivity index (χ1n) is 6.63. The molecule has 1 aromatic heterocycles. The van der Waals surface area contributed by atoms with Crippen molar-refractivity contribution in [2.24, 2.45) is 0 Å². The third-order valence-corrected chi connectivity index (χ3v) is 3.05. The van der Waals surface area contributed by atoms with Crippen LogP contribution in [0.2, 0.25) is 0 Å². The van der Waals surface area contributed by atoms with E-state index in [1.807, 2.05) is 6.92 Å². The van der Waals surface area contributed by atoms with Crippen LogP contribution in [0.4, 0.5) is 0 Å². The second kappa shape index (κ2) is 6.75. The van der Waals surface area contributed by atoms with Crippen LogP contribution in [0, 0.1) is 6.92 Å². The summed E-state index contributed by atoms with van der Waals surface area (Å²) in [6.45, 7) is 3.11. The zero-order valence-corrected chi connectivity index (χ0v) is 12.2. The molecule has 116 valence electrons. The number of oxazole rings is 1. The monoisotopic (exact) mass is 304 g/mol. The van der Waals surface area contributed by atoms with E-state index < -0.39 is 12.6 Å². The molecular weight excluding hydrogens is 288 g/mol. The second-order valence-electron chi connectivity index (χ2n) is 4.70. The van der Waals surface area contributed by atoms with Gasteiger partial charge in [0.05, 0.1) is 6.04 Å². The molecule has 2 N–H and O–H groups in total. The van der Waals surface area contributed by atoms with Crippen LogP contribution < -0.4 is 10.1 Å². The van der Waals surface area contributed by atoms with E-state index in [0.717, 1.165) is 5.56 Å². The Morgan fingerprint density at radius 3 is 2.59 bits per heavy atom. The van der Waals surface area contributed by atoms with Crippen molar-refractivity contribution in [2.45, 2.75) is 19.9 Å². The van der Waals surface area contributed by atoms with E-state index >= 15 is 0 Å². The summed E-state index contributed by atoms with van der Waals surface area (Å²) in [6.07, 6.45) is 1.23. The summed E-state index contributed by atoms with van der Waals surface area (Å²) < 4.78 is 10.0. The van der Waals surface area contributed by atoms with Crippen LogP contribution in [0.25, 0.3) is 0 Å². The maximum Gasteiger partial charge on any atom is 0.341 e. The highest BCUT2D eigenvalue weighted by Crippen LogP contribution is 2.18. The molecule has 7 nitrogen and oxygen atoms in total. The number of hydrogen-bond donors (Lipinski definition) is 2. The lowest BCUT2D eigenvalue weighted by molar-refractivity contribution is -0.139. The van der Waals surface area contributed by atoms with Crippen molar-refractivity contribution in [3.63, 3.8) is 0 Å². The summed E-state index contributed by atoms with van der Waals surface area (Å²) in [4.78, 5) is 26.3. The normalized spacial score (nSPS) is 11.7. The molecule has 0 unspecified atom stereocenters. The average molecular weight is 304 g/mol. The van der Waals surface area contributed by atoms with Gasteiger partial charge in [-0.05, 0) is 31.5 Å². The minimum Gasteiger partial charge on any atom is -0.482 e. The topological polar surface area (TPSA) is 102 Å². The molecule has 0 aliphatic rings. The number of aryl methyl sites for hydroxylation is 1. The number of carboxylic acid groups (broad SMARTS) is 1. The Labute approximate surface area is 126 Å². The van der Waals surface area contributed by atoms with E-state index in [2.05, 4.69) is 10.3 Å². The highest BCUT2D eigenvalue weighted by molar-refractivity contribution is 5.93. The molecule has 2 aromatic rings. The highest BCUT2D eigenvalue weighted by atomic mass is 16.5. The number of nitrogens with zero attached hydrogens (tertiary/aromatic N) is 1. The van der Waals surface area contributed by atoms with Crippen molar-refractivity contribution in [3.8, 4) is 5.75 Å². The summed E-state index contributed by atoms with van der Waals surface area (Å²) >= 11 is 0. The van der Waals surface area contributed by atoms with E-state index in [0.29, 0.717) is 11.5 Å². The van der Waals surface area contributed by atoms with Crippen LogP contribution in [-0.2, 0) is 4.79 Å². The van der Waals surface area contributed by atoms with Gasteiger partial charge in [0.2, 0.25) is 0 Å². The van der Waals surface area contributed by atoms with Crippen molar-refractivity contribution in [3.05, 3.63) is 47.7 Å². The van der Waals surface area contributed by atoms with Crippen LogP contribution in [0.3, 0.4) is 0 Å². The van der Waals surface area contributed by atoms with Gasteiger partial charge in [0.25, 0.3) is 5.91 Å². The fourth-order valence-corrected chi connectivity index (χ4v) is 1.87. The number of hydrogen-bond acceptors (Lipinski definition) is 5. The van der Waals surface area contributed by atoms with Crippen molar-refractivity contribution in [1.29, 1.82) is 0 Å². The minimum absolute atomic E-state index is 0.239. The smallest absolute Gasteiger partial charge is 0.341 e. The predicted octanol–water partition coefficient (Wildman–Crippen LogP) is 1.94. The van der Waals surface area contributed by atoms with Crippen LogP contribution in [0.1, 0.15) is 34.8 Å². The Bertz CT molecular complexity index is 663. The zero-order chi connectivity index (χ0) is 16.1. The Balaban J connectivity index is 1.98. The molecule has 0 aliphatic carbocycles. The van der Waals surface area contributed by atoms with Crippen LogP contribution >= 0.6 is 0 Å². The summed E-state index contributed by atoms with van der Waals surface area (Å²) in [5.41, 5.74) is 1.12. The standard InChI is InChI=1S/C15H16N2O5/c1-9(17-15(20)14-10(2)22-8-16-14)11-3-5-12(6-4-11)21-7-13(18)19/h3-6,8-9H,7H2,1-2H3,(H,17,20)(H,18,19)/t9-/m0/s1. The zero-order valence-electron chi connectivity index (χ0n) is 12.2. The number of nitrogens with one attached hydrogen (secondary N) is 1. The molecule has 0 bridgehead atoms. The van der Waals surface area contributed by atoms with Crippen molar-refractivity contribution < 1.29 is 23.8 Å². The van der Waals surface area contributed by atoms with Crippen molar-refractivity contribution in [2.75, 3.05) is 6.61 Å². The molecule has 1 heterocycles. The average Bonchev–Trinajstić information content (AvgIpc) is 2.91. The van der Waals surface area contributed by atoms with Gasteiger partial charge in [-0.1, -0.05) is 12.1 Å². The van der Waals surface area contributed by atoms with Gasteiger partial charge in [0, 0.05) is 0 Å². The molecule has 0 aliphatic heterocycles. The number of aliphatic carboxylic acids is 1. The number of carboxylic acids is 1. The third-order valence-electron chi connectivity index (χ3n) is 3.05. The maximum absolute atomic E-state index is 12.0. The molecule has 22 heavy (non-hydrogen) atoms. The number of rotatable bonds is 6. The minimum atomic E-state index is -1.03. The number of ether oxygens (including phenoxy) is 1. The lowest BCUT2D eigenvalue weighted by Gasteiger charge is -2.14. The molecule has 7 heteroatoms. The summed E-state index contributed by atoms with van der Waals surface area (Å²) in [5.74, 6) is -0.434. The van der Waals surface area contributed by atoms with Gasteiger partial charge in [-0.25, -0.2) is 9.78 Å². The molecule has 0 saturated carbocycles. The third kappa shape index (κ3) is 3.85. The molecule has 1 atom stereocenters. The van der Waals surface area contributed by atoms with E-state index in [9.17, 15) is 9.59 Å². The predicted molar refractivity (Wildman–Crippen MR) is 76.7 cm³/mol. The molecule has 0 saturated heterocycles. The van der Waals surface area contributed by atoms with E-state index in [1.165, 1.54) is 6.39 Å².